The third-order valence-corrected chi connectivity index (χ3v) is 5.39. The summed E-state index contributed by atoms with van der Waals surface area (Å²) in [6.45, 7) is 2.98. The number of hydrogen-bond donors (Lipinski definition) is 1. The molecule has 0 aromatic heterocycles. The van der Waals surface area contributed by atoms with Gasteiger partial charge in [0.15, 0.2) is 0 Å². The first-order chi connectivity index (χ1) is 8.70. The summed E-state index contributed by atoms with van der Waals surface area (Å²) in [5.74, 6) is 0. The summed E-state index contributed by atoms with van der Waals surface area (Å²) < 4.78 is 0. The van der Waals surface area contributed by atoms with Gasteiger partial charge in [-0.3, -0.25) is 0 Å². The predicted octanol–water partition coefficient (Wildman–Crippen LogP) is 4.41. The number of aryl methyl sites for hydroxylation is 1. The van der Waals surface area contributed by atoms with Crippen molar-refractivity contribution in [3.8, 4) is 0 Å². The van der Waals surface area contributed by atoms with Crippen molar-refractivity contribution >= 4 is 23.4 Å². The number of halogens is 1. The molecular formula is C15H22ClNS. The van der Waals surface area contributed by atoms with E-state index in [1.54, 1.807) is 0 Å². The molecule has 100 valence electrons. The molecule has 1 N–H and O–H groups in total. The fourth-order valence-corrected chi connectivity index (χ4v) is 3.77. The zero-order chi connectivity index (χ0) is 13.0. The highest BCUT2D eigenvalue weighted by molar-refractivity contribution is 7.99. The van der Waals surface area contributed by atoms with Gasteiger partial charge >= 0.3 is 0 Å². The first-order valence-corrected chi connectivity index (χ1v) is 8.38. The highest BCUT2D eigenvalue weighted by Crippen LogP contribution is 2.27. The summed E-state index contributed by atoms with van der Waals surface area (Å²) in [5.41, 5.74) is 2.44. The summed E-state index contributed by atoms with van der Waals surface area (Å²) in [7, 11) is 0. The number of thioether (sulfide) groups is 1. The second kappa shape index (κ2) is 6.83. The fourth-order valence-electron chi connectivity index (χ4n) is 2.61. The van der Waals surface area contributed by atoms with Gasteiger partial charge in [-0.15, -0.1) is 0 Å². The van der Waals surface area contributed by atoms with Crippen LogP contribution >= 0.6 is 23.4 Å². The van der Waals surface area contributed by atoms with Crippen LogP contribution in [0.2, 0.25) is 5.02 Å². The minimum atomic E-state index is 0.661. The van der Waals surface area contributed by atoms with Gasteiger partial charge < -0.3 is 5.32 Å². The van der Waals surface area contributed by atoms with Gasteiger partial charge in [-0.25, -0.2) is 0 Å². The largest absolute Gasteiger partial charge is 0.309 e. The molecule has 0 bridgehead atoms. The number of benzene rings is 1. The Bertz CT molecular complexity index is 394. The van der Waals surface area contributed by atoms with Gasteiger partial charge in [0.1, 0.15) is 0 Å². The number of rotatable bonds is 4. The van der Waals surface area contributed by atoms with Gasteiger partial charge in [0, 0.05) is 22.9 Å². The minimum absolute atomic E-state index is 0.661. The SMILES string of the molecule is CSC1CCCCC1NCc1ccc(C)c(Cl)c1. The lowest BCUT2D eigenvalue weighted by Crippen LogP contribution is -2.39. The van der Waals surface area contributed by atoms with Crippen LogP contribution in [-0.4, -0.2) is 17.5 Å². The van der Waals surface area contributed by atoms with E-state index in [0.29, 0.717) is 6.04 Å². The molecule has 3 heteroatoms. The fraction of sp³-hybridized carbons (Fsp3) is 0.600. The average molecular weight is 284 g/mol. The molecule has 1 aromatic carbocycles. The van der Waals surface area contributed by atoms with Gasteiger partial charge in [0.25, 0.3) is 0 Å². The van der Waals surface area contributed by atoms with Crippen molar-refractivity contribution in [3.63, 3.8) is 0 Å². The van der Waals surface area contributed by atoms with E-state index < -0.39 is 0 Å². The Hall–Kier alpha value is -0.180. The van der Waals surface area contributed by atoms with Crippen LogP contribution in [0.1, 0.15) is 36.8 Å². The smallest absolute Gasteiger partial charge is 0.0438 e. The molecule has 0 spiro atoms. The third-order valence-electron chi connectivity index (χ3n) is 3.81. The Kier molecular flexibility index (Phi) is 5.40. The van der Waals surface area contributed by atoms with Crippen molar-refractivity contribution in [2.75, 3.05) is 6.26 Å². The monoisotopic (exact) mass is 283 g/mol. The van der Waals surface area contributed by atoms with Crippen molar-refractivity contribution in [2.45, 2.75) is 50.4 Å². The molecule has 1 saturated carbocycles. The van der Waals surface area contributed by atoms with E-state index in [9.17, 15) is 0 Å². The molecule has 1 aromatic rings. The number of nitrogens with one attached hydrogen (secondary N) is 1. The van der Waals surface area contributed by atoms with E-state index in [-0.39, 0.29) is 0 Å². The van der Waals surface area contributed by atoms with E-state index in [0.717, 1.165) is 22.4 Å². The highest BCUT2D eigenvalue weighted by Gasteiger charge is 2.23. The molecule has 2 rings (SSSR count). The summed E-state index contributed by atoms with van der Waals surface area (Å²) in [4.78, 5) is 0. The maximum absolute atomic E-state index is 6.16. The zero-order valence-electron chi connectivity index (χ0n) is 11.2. The molecule has 0 radical (unpaired) electrons. The van der Waals surface area contributed by atoms with Gasteiger partial charge in [-0.1, -0.05) is 36.6 Å². The summed E-state index contributed by atoms with van der Waals surface area (Å²) >= 11 is 8.17. The van der Waals surface area contributed by atoms with Crippen LogP contribution in [0.4, 0.5) is 0 Å². The van der Waals surface area contributed by atoms with Crippen LogP contribution in [0.5, 0.6) is 0 Å². The van der Waals surface area contributed by atoms with E-state index in [2.05, 4.69) is 29.8 Å². The summed E-state index contributed by atoms with van der Waals surface area (Å²) in [6.07, 6.45) is 7.65. The molecule has 2 atom stereocenters. The summed E-state index contributed by atoms with van der Waals surface area (Å²) in [5, 5.41) is 5.36. The van der Waals surface area contributed by atoms with Crippen LogP contribution in [0.15, 0.2) is 18.2 Å². The topological polar surface area (TPSA) is 12.0 Å². The van der Waals surface area contributed by atoms with Gasteiger partial charge in [-0.2, -0.15) is 11.8 Å². The molecule has 1 fully saturated rings. The molecule has 0 heterocycles. The quantitative estimate of drug-likeness (QED) is 0.878. The lowest BCUT2D eigenvalue weighted by molar-refractivity contribution is 0.383. The summed E-state index contributed by atoms with van der Waals surface area (Å²) in [6, 6.07) is 7.02. The maximum Gasteiger partial charge on any atom is 0.0438 e. The molecule has 0 saturated heterocycles. The van der Waals surface area contributed by atoms with E-state index in [4.69, 9.17) is 11.6 Å². The van der Waals surface area contributed by atoms with Crippen molar-refractivity contribution in [3.05, 3.63) is 34.3 Å². The Morgan fingerprint density at radius 3 is 2.83 bits per heavy atom. The van der Waals surface area contributed by atoms with E-state index >= 15 is 0 Å². The van der Waals surface area contributed by atoms with Gasteiger partial charge in [0.05, 0.1) is 0 Å². The molecule has 1 aliphatic rings. The third kappa shape index (κ3) is 3.66. The molecule has 1 nitrogen and oxygen atoms in total. The molecule has 1 aliphatic carbocycles. The van der Waals surface area contributed by atoms with Crippen LogP contribution in [-0.2, 0) is 6.54 Å². The standard InChI is InChI=1S/C15H22ClNS/c1-11-7-8-12(9-13(11)16)10-17-14-5-3-4-6-15(14)18-2/h7-9,14-15,17H,3-6,10H2,1-2H3. The first-order valence-electron chi connectivity index (χ1n) is 6.72. The molecule has 2 unspecified atom stereocenters. The minimum Gasteiger partial charge on any atom is -0.309 e. The number of hydrogen-bond acceptors (Lipinski definition) is 2. The zero-order valence-corrected chi connectivity index (χ0v) is 12.8. The highest BCUT2D eigenvalue weighted by atomic mass is 35.5. The Labute approximate surface area is 120 Å². The Morgan fingerprint density at radius 2 is 2.11 bits per heavy atom. The van der Waals surface area contributed by atoms with Crippen molar-refractivity contribution in [1.82, 2.24) is 5.32 Å². The van der Waals surface area contributed by atoms with Crippen molar-refractivity contribution < 1.29 is 0 Å². The van der Waals surface area contributed by atoms with Crippen LogP contribution < -0.4 is 5.32 Å². The normalized spacial score (nSPS) is 24.2. The first kappa shape index (κ1) is 14.2. The molecule has 18 heavy (non-hydrogen) atoms. The van der Waals surface area contributed by atoms with Crippen LogP contribution in [0, 0.1) is 6.92 Å². The second-order valence-corrected chi connectivity index (χ2v) is 6.61. The Morgan fingerprint density at radius 1 is 1.33 bits per heavy atom. The molecule has 0 amide bonds. The van der Waals surface area contributed by atoms with Crippen LogP contribution in [0.3, 0.4) is 0 Å². The maximum atomic E-state index is 6.16. The van der Waals surface area contributed by atoms with Crippen molar-refractivity contribution in [1.29, 1.82) is 0 Å². The van der Waals surface area contributed by atoms with Crippen molar-refractivity contribution in [2.24, 2.45) is 0 Å². The molecule has 0 aliphatic heterocycles. The van der Waals surface area contributed by atoms with E-state index in [1.807, 2.05) is 18.7 Å². The average Bonchev–Trinajstić information content (AvgIpc) is 2.40. The second-order valence-electron chi connectivity index (χ2n) is 5.13. The molecular weight excluding hydrogens is 262 g/mol. The predicted molar refractivity (Wildman–Crippen MR) is 82.6 cm³/mol. The Balaban J connectivity index is 1.91. The lowest BCUT2D eigenvalue weighted by Gasteiger charge is -2.31. The van der Waals surface area contributed by atoms with Gasteiger partial charge in [-0.05, 0) is 43.2 Å². The van der Waals surface area contributed by atoms with Gasteiger partial charge in [0.2, 0.25) is 0 Å². The lowest BCUT2D eigenvalue weighted by atomic mass is 9.94. The van der Waals surface area contributed by atoms with E-state index in [1.165, 1.54) is 31.2 Å². The van der Waals surface area contributed by atoms with Crippen LogP contribution in [0.25, 0.3) is 0 Å².